The Hall–Kier alpha value is -2.82. The molecule has 2 aromatic carbocycles. The van der Waals surface area contributed by atoms with E-state index in [9.17, 15) is 4.79 Å². The van der Waals surface area contributed by atoms with Crippen molar-refractivity contribution >= 4 is 10.9 Å². The van der Waals surface area contributed by atoms with Crippen molar-refractivity contribution in [3.05, 3.63) is 52.8 Å². The first-order valence-corrected chi connectivity index (χ1v) is 8.53. The predicted molar refractivity (Wildman–Crippen MR) is 99.4 cm³/mol. The number of nitrogens with one attached hydrogen (secondary N) is 1. The van der Waals surface area contributed by atoms with E-state index in [-0.39, 0.29) is 5.56 Å². The van der Waals surface area contributed by atoms with Gasteiger partial charge in [0.15, 0.2) is 11.5 Å². The van der Waals surface area contributed by atoms with Gasteiger partial charge in [0.05, 0.1) is 30.2 Å². The molecule has 0 radical (unpaired) electrons. The highest BCUT2D eigenvalue weighted by atomic mass is 16.5. The molecule has 130 valence electrons. The summed E-state index contributed by atoms with van der Waals surface area (Å²) in [5.74, 6) is 1.72. The summed E-state index contributed by atoms with van der Waals surface area (Å²) in [5, 5.41) is 0.569. The molecule has 5 heteroatoms. The van der Waals surface area contributed by atoms with Crippen LogP contribution in [0.2, 0.25) is 0 Å². The molecule has 0 aliphatic rings. The first-order chi connectivity index (χ1) is 12.2. The van der Waals surface area contributed by atoms with Crippen molar-refractivity contribution in [2.24, 2.45) is 0 Å². The van der Waals surface area contributed by atoms with Crippen molar-refractivity contribution in [2.45, 2.75) is 26.2 Å². The van der Waals surface area contributed by atoms with Gasteiger partial charge in [0, 0.05) is 0 Å². The van der Waals surface area contributed by atoms with Crippen molar-refractivity contribution < 1.29 is 9.47 Å². The van der Waals surface area contributed by atoms with Gasteiger partial charge in [-0.2, -0.15) is 0 Å². The largest absolute Gasteiger partial charge is 0.493 e. The molecule has 0 saturated carbocycles. The number of aromatic amines is 1. The number of ether oxygens (including phenoxy) is 2. The van der Waals surface area contributed by atoms with E-state index in [1.807, 2.05) is 36.4 Å². The topological polar surface area (TPSA) is 64.2 Å². The van der Waals surface area contributed by atoms with Crippen LogP contribution in [0.15, 0.2) is 47.3 Å². The van der Waals surface area contributed by atoms with Gasteiger partial charge in [-0.15, -0.1) is 0 Å². The van der Waals surface area contributed by atoms with E-state index in [1.165, 1.54) is 0 Å². The lowest BCUT2D eigenvalue weighted by molar-refractivity contribution is 0.287. The van der Waals surface area contributed by atoms with Crippen LogP contribution >= 0.6 is 0 Å². The normalized spacial score (nSPS) is 10.8. The quantitative estimate of drug-likeness (QED) is 0.657. The first kappa shape index (κ1) is 17.0. The summed E-state index contributed by atoms with van der Waals surface area (Å²) in [5.41, 5.74) is 1.21. The second-order valence-corrected chi connectivity index (χ2v) is 5.82. The molecule has 0 spiro atoms. The van der Waals surface area contributed by atoms with Crippen LogP contribution in [0.5, 0.6) is 11.5 Å². The Morgan fingerprint density at radius 2 is 1.92 bits per heavy atom. The van der Waals surface area contributed by atoms with Gasteiger partial charge in [-0.25, -0.2) is 4.98 Å². The van der Waals surface area contributed by atoms with Gasteiger partial charge < -0.3 is 14.5 Å². The van der Waals surface area contributed by atoms with Crippen molar-refractivity contribution in [2.75, 3.05) is 13.7 Å². The van der Waals surface area contributed by atoms with Crippen LogP contribution in [-0.4, -0.2) is 23.7 Å². The zero-order chi connectivity index (χ0) is 17.6. The van der Waals surface area contributed by atoms with E-state index in [2.05, 4.69) is 16.9 Å². The lowest BCUT2D eigenvalue weighted by Crippen LogP contribution is -2.10. The minimum Gasteiger partial charge on any atom is -0.493 e. The maximum atomic E-state index is 12.4. The highest BCUT2D eigenvalue weighted by Gasteiger charge is 2.15. The fraction of sp³-hybridized carbons (Fsp3) is 0.300. The Labute approximate surface area is 146 Å². The Kier molecular flexibility index (Phi) is 5.33. The van der Waals surface area contributed by atoms with Crippen molar-refractivity contribution in [1.29, 1.82) is 0 Å². The molecule has 0 aliphatic heterocycles. The number of benzene rings is 2. The first-order valence-electron chi connectivity index (χ1n) is 8.53. The third-order valence-electron chi connectivity index (χ3n) is 4.06. The molecule has 0 bridgehead atoms. The number of unbranched alkanes of at least 4 members (excludes halogenated alkanes) is 2. The monoisotopic (exact) mass is 338 g/mol. The number of methoxy groups -OCH3 is 1. The van der Waals surface area contributed by atoms with Gasteiger partial charge in [-0.05, 0) is 30.7 Å². The van der Waals surface area contributed by atoms with Gasteiger partial charge in [0.1, 0.15) is 5.82 Å². The summed E-state index contributed by atoms with van der Waals surface area (Å²) >= 11 is 0. The second-order valence-electron chi connectivity index (χ2n) is 5.82. The summed E-state index contributed by atoms with van der Waals surface area (Å²) in [7, 11) is 1.61. The van der Waals surface area contributed by atoms with Crippen LogP contribution in [0, 0.1) is 0 Å². The molecule has 25 heavy (non-hydrogen) atoms. The molecule has 3 aromatic rings. The summed E-state index contributed by atoms with van der Waals surface area (Å²) < 4.78 is 11.4. The van der Waals surface area contributed by atoms with Crippen LogP contribution < -0.4 is 15.0 Å². The van der Waals surface area contributed by atoms with Gasteiger partial charge in [0.2, 0.25) is 0 Å². The Balaban J connectivity index is 2.05. The molecule has 0 saturated heterocycles. The lowest BCUT2D eigenvalue weighted by Gasteiger charge is -2.15. The van der Waals surface area contributed by atoms with E-state index in [0.717, 1.165) is 24.8 Å². The number of hydrogen-bond acceptors (Lipinski definition) is 4. The fourth-order valence-corrected chi connectivity index (χ4v) is 2.75. The highest BCUT2D eigenvalue weighted by Crippen LogP contribution is 2.36. The zero-order valence-electron chi connectivity index (χ0n) is 14.5. The van der Waals surface area contributed by atoms with E-state index < -0.39 is 0 Å². The summed E-state index contributed by atoms with van der Waals surface area (Å²) in [6.07, 6.45) is 3.20. The molecule has 0 fully saturated rings. The Morgan fingerprint density at radius 1 is 1.08 bits per heavy atom. The molecular formula is C20H22N2O3. The third-order valence-corrected chi connectivity index (χ3v) is 4.06. The predicted octanol–water partition coefficient (Wildman–Crippen LogP) is 4.17. The maximum Gasteiger partial charge on any atom is 0.259 e. The standard InChI is InChI=1S/C20H22N2O3/c1-3-4-7-13-25-18-15(10-8-12-17(18)24-2)19-21-16-11-6-5-9-14(16)20(23)22-19/h5-6,8-12H,3-4,7,13H2,1-2H3,(H,21,22,23). The van der Waals surface area contributed by atoms with Crippen LogP contribution in [0.1, 0.15) is 26.2 Å². The van der Waals surface area contributed by atoms with Crippen LogP contribution in [0.25, 0.3) is 22.3 Å². The summed E-state index contributed by atoms with van der Waals surface area (Å²) in [4.78, 5) is 19.8. The molecular weight excluding hydrogens is 316 g/mol. The lowest BCUT2D eigenvalue weighted by atomic mass is 10.1. The van der Waals surface area contributed by atoms with Crippen LogP contribution in [-0.2, 0) is 0 Å². The number of para-hydroxylation sites is 2. The number of hydrogen-bond donors (Lipinski definition) is 1. The SMILES string of the molecule is CCCCCOc1c(OC)cccc1-c1nc2ccccc2c(=O)[nH]1. The van der Waals surface area contributed by atoms with E-state index in [1.54, 1.807) is 13.2 Å². The number of rotatable bonds is 7. The van der Waals surface area contributed by atoms with E-state index in [4.69, 9.17) is 9.47 Å². The molecule has 0 amide bonds. The average Bonchev–Trinajstić information content (AvgIpc) is 2.65. The highest BCUT2D eigenvalue weighted by molar-refractivity contribution is 5.80. The van der Waals surface area contributed by atoms with Gasteiger partial charge in [0.25, 0.3) is 5.56 Å². The molecule has 1 heterocycles. The second kappa shape index (κ2) is 7.83. The minimum atomic E-state index is -0.166. The smallest absolute Gasteiger partial charge is 0.259 e. The minimum absolute atomic E-state index is 0.166. The zero-order valence-corrected chi connectivity index (χ0v) is 14.5. The van der Waals surface area contributed by atoms with Crippen LogP contribution in [0.4, 0.5) is 0 Å². The number of nitrogens with zero attached hydrogens (tertiary/aromatic N) is 1. The van der Waals surface area contributed by atoms with Gasteiger partial charge in [-0.3, -0.25) is 4.79 Å². The van der Waals surface area contributed by atoms with Gasteiger partial charge >= 0.3 is 0 Å². The van der Waals surface area contributed by atoms with E-state index >= 15 is 0 Å². The molecule has 5 nitrogen and oxygen atoms in total. The molecule has 0 atom stereocenters. The Morgan fingerprint density at radius 3 is 2.72 bits per heavy atom. The maximum absolute atomic E-state index is 12.4. The number of fused-ring (bicyclic) bond motifs is 1. The summed E-state index contributed by atoms with van der Waals surface area (Å²) in [6.45, 7) is 2.75. The number of H-pyrrole nitrogens is 1. The van der Waals surface area contributed by atoms with Crippen LogP contribution in [0.3, 0.4) is 0 Å². The summed E-state index contributed by atoms with van der Waals surface area (Å²) in [6, 6.07) is 12.9. The molecule has 1 N–H and O–H groups in total. The van der Waals surface area contributed by atoms with Crippen molar-refractivity contribution in [3.8, 4) is 22.9 Å². The van der Waals surface area contributed by atoms with E-state index in [0.29, 0.717) is 34.8 Å². The molecule has 0 aliphatic carbocycles. The number of aromatic nitrogens is 2. The van der Waals surface area contributed by atoms with Crippen molar-refractivity contribution in [3.63, 3.8) is 0 Å². The molecule has 1 aromatic heterocycles. The van der Waals surface area contributed by atoms with Gasteiger partial charge in [-0.1, -0.05) is 38.0 Å². The molecule has 3 rings (SSSR count). The third kappa shape index (κ3) is 3.65. The molecule has 0 unspecified atom stereocenters. The average molecular weight is 338 g/mol. The Bertz CT molecular complexity index is 918. The van der Waals surface area contributed by atoms with Crippen molar-refractivity contribution in [1.82, 2.24) is 9.97 Å². The fourth-order valence-electron chi connectivity index (χ4n) is 2.75.